The zero-order chi connectivity index (χ0) is 23.4. The molecule has 0 bridgehead atoms. The number of nitrogens with zero attached hydrogens (tertiary/aromatic N) is 3. The standard InChI is InChI=1S/C26H31N5O2/c1-4-28-25(33)26(16-19-6-5-7-21(14-19)20-8-11-27-12-9-20)10-13-31(17-26)24(32)23-15-22(18(2)3)29-30-23/h5-9,11-12,14-15,18H,4,10,13,16-17H2,1-3H3,(H,28,33)(H,29,30). The second-order valence-electron chi connectivity index (χ2n) is 9.09. The molecule has 2 N–H and O–H groups in total. The van der Waals surface area contributed by atoms with Crippen LogP contribution in [0.5, 0.6) is 0 Å². The highest BCUT2D eigenvalue weighted by atomic mass is 16.2. The molecule has 172 valence electrons. The topological polar surface area (TPSA) is 91.0 Å². The molecular formula is C26H31N5O2. The fourth-order valence-corrected chi connectivity index (χ4v) is 4.50. The molecule has 1 unspecified atom stereocenters. The van der Waals surface area contributed by atoms with E-state index in [0.29, 0.717) is 38.2 Å². The minimum atomic E-state index is -0.667. The molecule has 3 aromatic rings. The van der Waals surface area contributed by atoms with Crippen LogP contribution in [0.2, 0.25) is 0 Å². The van der Waals surface area contributed by atoms with Crippen molar-refractivity contribution < 1.29 is 9.59 Å². The lowest BCUT2D eigenvalue weighted by molar-refractivity contribution is -0.130. The van der Waals surface area contributed by atoms with Gasteiger partial charge in [-0.1, -0.05) is 38.1 Å². The molecule has 0 radical (unpaired) electrons. The smallest absolute Gasteiger partial charge is 0.274 e. The van der Waals surface area contributed by atoms with Crippen LogP contribution in [0.25, 0.3) is 11.1 Å². The van der Waals surface area contributed by atoms with E-state index in [1.807, 2.05) is 31.2 Å². The lowest BCUT2D eigenvalue weighted by Crippen LogP contribution is -2.45. The monoisotopic (exact) mass is 445 g/mol. The first-order valence-electron chi connectivity index (χ1n) is 11.5. The number of amides is 2. The summed E-state index contributed by atoms with van der Waals surface area (Å²) in [6.45, 7) is 7.49. The van der Waals surface area contributed by atoms with Crippen LogP contribution in [0.4, 0.5) is 0 Å². The van der Waals surface area contributed by atoms with Gasteiger partial charge in [0.2, 0.25) is 5.91 Å². The number of carbonyl (C=O) groups is 2. The lowest BCUT2D eigenvalue weighted by atomic mass is 9.79. The number of nitrogens with one attached hydrogen (secondary N) is 2. The summed E-state index contributed by atoms with van der Waals surface area (Å²) < 4.78 is 0. The number of H-pyrrole nitrogens is 1. The minimum absolute atomic E-state index is 0.000452. The van der Waals surface area contributed by atoms with Crippen LogP contribution in [0.1, 0.15) is 54.9 Å². The van der Waals surface area contributed by atoms with Crippen LogP contribution in [0.15, 0.2) is 54.9 Å². The van der Waals surface area contributed by atoms with E-state index < -0.39 is 5.41 Å². The summed E-state index contributed by atoms with van der Waals surface area (Å²) in [4.78, 5) is 32.3. The fourth-order valence-electron chi connectivity index (χ4n) is 4.50. The van der Waals surface area contributed by atoms with Crippen LogP contribution in [0.3, 0.4) is 0 Å². The highest BCUT2D eigenvalue weighted by Gasteiger charge is 2.46. The van der Waals surface area contributed by atoms with Crippen molar-refractivity contribution in [3.63, 3.8) is 0 Å². The lowest BCUT2D eigenvalue weighted by Gasteiger charge is -2.28. The van der Waals surface area contributed by atoms with Gasteiger partial charge in [0.1, 0.15) is 5.69 Å². The third kappa shape index (κ3) is 4.82. The predicted molar refractivity (Wildman–Crippen MR) is 128 cm³/mol. The average Bonchev–Trinajstić information content (AvgIpc) is 3.48. The Balaban J connectivity index is 1.58. The van der Waals surface area contributed by atoms with E-state index in [-0.39, 0.29) is 17.7 Å². The molecule has 1 aromatic carbocycles. The summed E-state index contributed by atoms with van der Waals surface area (Å²) >= 11 is 0. The van der Waals surface area contributed by atoms with E-state index in [1.165, 1.54) is 0 Å². The quantitative estimate of drug-likeness (QED) is 0.579. The SMILES string of the molecule is CCNC(=O)C1(Cc2cccc(-c3ccncc3)c2)CCN(C(=O)c2cc(C(C)C)[nH]n2)C1. The molecular weight excluding hydrogens is 414 g/mol. The Labute approximate surface area is 194 Å². The number of hydrogen-bond acceptors (Lipinski definition) is 4. The van der Waals surface area contributed by atoms with Gasteiger partial charge >= 0.3 is 0 Å². The Bertz CT molecular complexity index is 1120. The van der Waals surface area contributed by atoms with E-state index >= 15 is 0 Å². The third-order valence-corrected chi connectivity index (χ3v) is 6.38. The van der Waals surface area contributed by atoms with Crippen molar-refractivity contribution in [3.8, 4) is 11.1 Å². The number of rotatable bonds is 7. The van der Waals surface area contributed by atoms with Crippen LogP contribution < -0.4 is 5.32 Å². The zero-order valence-electron chi connectivity index (χ0n) is 19.5. The van der Waals surface area contributed by atoms with E-state index in [0.717, 1.165) is 22.4 Å². The predicted octanol–water partition coefficient (Wildman–Crippen LogP) is 3.81. The van der Waals surface area contributed by atoms with Gasteiger partial charge in [0.05, 0.1) is 5.41 Å². The number of pyridine rings is 1. The van der Waals surface area contributed by atoms with Crippen molar-refractivity contribution in [1.82, 2.24) is 25.4 Å². The van der Waals surface area contributed by atoms with Gasteiger partial charge in [-0.2, -0.15) is 5.10 Å². The fraction of sp³-hybridized carbons (Fsp3) is 0.385. The molecule has 1 saturated heterocycles. The van der Waals surface area contributed by atoms with E-state index in [9.17, 15) is 9.59 Å². The maximum absolute atomic E-state index is 13.2. The molecule has 4 rings (SSSR count). The number of aromatic amines is 1. The van der Waals surface area contributed by atoms with Gasteiger partial charge in [-0.3, -0.25) is 19.7 Å². The van der Waals surface area contributed by atoms with Gasteiger partial charge in [0, 0.05) is 37.7 Å². The molecule has 33 heavy (non-hydrogen) atoms. The van der Waals surface area contributed by atoms with Crippen LogP contribution in [-0.2, 0) is 11.2 Å². The second-order valence-corrected chi connectivity index (χ2v) is 9.09. The van der Waals surface area contributed by atoms with Crippen molar-refractivity contribution in [2.45, 2.75) is 39.5 Å². The highest BCUT2D eigenvalue weighted by Crippen LogP contribution is 2.36. The van der Waals surface area contributed by atoms with Crippen molar-refractivity contribution in [3.05, 3.63) is 71.8 Å². The summed E-state index contributed by atoms with van der Waals surface area (Å²) in [6, 6.07) is 14.0. The minimum Gasteiger partial charge on any atom is -0.356 e. The van der Waals surface area contributed by atoms with Crippen LogP contribution in [-0.4, -0.2) is 51.5 Å². The first-order valence-corrected chi connectivity index (χ1v) is 11.5. The molecule has 1 aliphatic heterocycles. The molecule has 3 heterocycles. The number of carbonyl (C=O) groups excluding carboxylic acids is 2. The molecule has 0 saturated carbocycles. The molecule has 1 aliphatic rings. The summed E-state index contributed by atoms with van der Waals surface area (Å²) in [5, 5.41) is 10.2. The second kappa shape index (κ2) is 9.57. The van der Waals surface area contributed by atoms with Crippen molar-refractivity contribution in [2.24, 2.45) is 5.41 Å². The number of hydrogen-bond donors (Lipinski definition) is 2. The third-order valence-electron chi connectivity index (χ3n) is 6.38. The highest BCUT2D eigenvalue weighted by molar-refractivity contribution is 5.94. The largest absolute Gasteiger partial charge is 0.356 e. The Hall–Kier alpha value is -3.48. The molecule has 1 atom stereocenters. The Kier molecular flexibility index (Phi) is 6.58. The maximum atomic E-state index is 13.2. The van der Waals surface area contributed by atoms with Crippen LogP contribution in [0, 0.1) is 5.41 Å². The maximum Gasteiger partial charge on any atom is 0.274 e. The molecule has 0 spiro atoms. The molecule has 2 amide bonds. The van der Waals surface area contributed by atoms with Gasteiger partial charge < -0.3 is 10.2 Å². The summed E-state index contributed by atoms with van der Waals surface area (Å²) in [6.07, 6.45) is 4.74. The Morgan fingerprint density at radius 3 is 2.64 bits per heavy atom. The van der Waals surface area contributed by atoms with E-state index in [4.69, 9.17) is 0 Å². The van der Waals surface area contributed by atoms with Gasteiger partial charge in [0.15, 0.2) is 0 Å². The Morgan fingerprint density at radius 1 is 1.15 bits per heavy atom. The first-order chi connectivity index (χ1) is 15.9. The van der Waals surface area contributed by atoms with Crippen molar-refractivity contribution in [2.75, 3.05) is 19.6 Å². The summed E-state index contributed by atoms with van der Waals surface area (Å²) in [5.74, 6) is 0.133. The number of aromatic nitrogens is 3. The zero-order valence-corrected chi connectivity index (χ0v) is 19.5. The number of benzene rings is 1. The summed E-state index contributed by atoms with van der Waals surface area (Å²) in [7, 11) is 0. The molecule has 0 aliphatic carbocycles. The van der Waals surface area contributed by atoms with Gasteiger partial charge in [-0.05, 0) is 60.6 Å². The van der Waals surface area contributed by atoms with Gasteiger partial charge in [-0.25, -0.2) is 0 Å². The average molecular weight is 446 g/mol. The normalized spacial score (nSPS) is 18.0. The van der Waals surface area contributed by atoms with Crippen molar-refractivity contribution in [1.29, 1.82) is 0 Å². The first kappa shape index (κ1) is 22.7. The molecule has 7 nitrogen and oxygen atoms in total. The molecule has 1 fully saturated rings. The van der Waals surface area contributed by atoms with Crippen molar-refractivity contribution >= 4 is 11.8 Å². The molecule has 7 heteroatoms. The molecule has 2 aromatic heterocycles. The van der Waals surface area contributed by atoms with E-state index in [1.54, 1.807) is 17.3 Å². The summed E-state index contributed by atoms with van der Waals surface area (Å²) in [5.41, 5.74) is 3.92. The van der Waals surface area contributed by atoms with Crippen LogP contribution >= 0.6 is 0 Å². The number of likely N-dealkylation sites (tertiary alicyclic amines) is 1. The van der Waals surface area contributed by atoms with E-state index in [2.05, 4.69) is 52.5 Å². The van der Waals surface area contributed by atoms with Gasteiger partial charge in [0.25, 0.3) is 5.91 Å². The van der Waals surface area contributed by atoms with Gasteiger partial charge in [-0.15, -0.1) is 0 Å². The Morgan fingerprint density at radius 2 is 1.94 bits per heavy atom.